The molecule has 3 aromatic rings. The Hall–Kier alpha value is -2.29. The fourth-order valence-electron chi connectivity index (χ4n) is 1.74. The van der Waals surface area contributed by atoms with Crippen LogP contribution in [-0.4, -0.2) is 9.97 Å². The summed E-state index contributed by atoms with van der Waals surface area (Å²) in [6.45, 7) is 0.489. The SMILES string of the molecule is c1ccc2nc(COc3cc[nH]c3)ccc2c1. The lowest BCUT2D eigenvalue weighted by Gasteiger charge is -2.04. The zero-order valence-corrected chi connectivity index (χ0v) is 9.26. The molecule has 0 saturated heterocycles. The third kappa shape index (κ3) is 2.13. The third-order valence-corrected chi connectivity index (χ3v) is 2.61. The molecule has 0 amide bonds. The summed E-state index contributed by atoms with van der Waals surface area (Å²) in [7, 11) is 0. The predicted octanol–water partition coefficient (Wildman–Crippen LogP) is 3.14. The molecule has 0 saturated carbocycles. The van der Waals surface area contributed by atoms with Crippen LogP contribution in [0.4, 0.5) is 0 Å². The van der Waals surface area contributed by atoms with Crippen LogP contribution in [0, 0.1) is 0 Å². The Morgan fingerprint density at radius 1 is 1.06 bits per heavy atom. The van der Waals surface area contributed by atoms with E-state index in [0.717, 1.165) is 22.3 Å². The molecule has 0 spiro atoms. The number of hydrogen-bond acceptors (Lipinski definition) is 2. The fourth-order valence-corrected chi connectivity index (χ4v) is 1.74. The van der Waals surface area contributed by atoms with Gasteiger partial charge in [-0.15, -0.1) is 0 Å². The molecule has 84 valence electrons. The maximum atomic E-state index is 5.59. The lowest BCUT2D eigenvalue weighted by molar-refractivity contribution is 0.302. The number of benzene rings is 1. The molecule has 3 nitrogen and oxygen atoms in total. The van der Waals surface area contributed by atoms with E-state index >= 15 is 0 Å². The number of rotatable bonds is 3. The molecule has 3 rings (SSSR count). The molecular formula is C14H12N2O. The number of aromatic amines is 1. The summed E-state index contributed by atoms with van der Waals surface area (Å²) in [5, 5.41) is 1.15. The first-order valence-electron chi connectivity index (χ1n) is 5.52. The summed E-state index contributed by atoms with van der Waals surface area (Å²) in [5.74, 6) is 0.833. The van der Waals surface area contributed by atoms with Gasteiger partial charge < -0.3 is 9.72 Å². The maximum absolute atomic E-state index is 5.59. The van der Waals surface area contributed by atoms with E-state index in [0.29, 0.717) is 6.61 Å². The van der Waals surface area contributed by atoms with Gasteiger partial charge in [0.2, 0.25) is 0 Å². The Morgan fingerprint density at radius 3 is 2.88 bits per heavy atom. The van der Waals surface area contributed by atoms with Crippen molar-refractivity contribution < 1.29 is 4.74 Å². The Kier molecular flexibility index (Phi) is 2.50. The number of ether oxygens (including phenoxy) is 1. The van der Waals surface area contributed by atoms with Crippen molar-refractivity contribution in [2.75, 3.05) is 0 Å². The van der Waals surface area contributed by atoms with Gasteiger partial charge in [0.25, 0.3) is 0 Å². The van der Waals surface area contributed by atoms with Crippen molar-refractivity contribution in [1.82, 2.24) is 9.97 Å². The summed E-state index contributed by atoms with van der Waals surface area (Å²) in [6, 6.07) is 14.0. The molecule has 0 unspecified atom stereocenters. The van der Waals surface area contributed by atoms with E-state index in [9.17, 15) is 0 Å². The van der Waals surface area contributed by atoms with Crippen molar-refractivity contribution in [3.05, 3.63) is 60.6 Å². The van der Waals surface area contributed by atoms with Crippen LogP contribution < -0.4 is 4.74 Å². The Balaban J connectivity index is 1.81. The molecule has 0 bridgehead atoms. The van der Waals surface area contributed by atoms with Crippen molar-refractivity contribution in [3.63, 3.8) is 0 Å². The molecule has 2 aromatic heterocycles. The second kappa shape index (κ2) is 4.29. The van der Waals surface area contributed by atoms with Gasteiger partial charge in [-0.1, -0.05) is 24.3 Å². The highest BCUT2D eigenvalue weighted by Gasteiger charge is 1.99. The summed E-state index contributed by atoms with van der Waals surface area (Å²) >= 11 is 0. The van der Waals surface area contributed by atoms with Crippen molar-refractivity contribution >= 4 is 10.9 Å². The fraction of sp³-hybridized carbons (Fsp3) is 0.0714. The molecule has 1 aromatic carbocycles. The van der Waals surface area contributed by atoms with Gasteiger partial charge in [-0.05, 0) is 18.2 Å². The number of nitrogens with zero attached hydrogens (tertiary/aromatic N) is 1. The van der Waals surface area contributed by atoms with Crippen LogP contribution in [0.2, 0.25) is 0 Å². The van der Waals surface area contributed by atoms with Gasteiger partial charge in [-0.3, -0.25) is 0 Å². The molecule has 3 heteroatoms. The maximum Gasteiger partial charge on any atom is 0.137 e. The van der Waals surface area contributed by atoms with Gasteiger partial charge in [0.15, 0.2) is 0 Å². The highest BCUT2D eigenvalue weighted by molar-refractivity contribution is 5.78. The summed E-state index contributed by atoms with van der Waals surface area (Å²) in [4.78, 5) is 7.49. The standard InChI is InChI=1S/C14H12N2O/c1-2-4-14-11(3-1)5-6-12(16-14)10-17-13-7-8-15-9-13/h1-9,15H,10H2. The molecular weight excluding hydrogens is 212 g/mol. The summed E-state index contributed by atoms with van der Waals surface area (Å²) in [5.41, 5.74) is 1.94. The second-order valence-electron chi connectivity index (χ2n) is 3.83. The van der Waals surface area contributed by atoms with Gasteiger partial charge in [-0.2, -0.15) is 0 Å². The number of pyridine rings is 1. The number of para-hydroxylation sites is 1. The normalized spacial score (nSPS) is 10.6. The van der Waals surface area contributed by atoms with Gasteiger partial charge >= 0.3 is 0 Å². The molecule has 1 N–H and O–H groups in total. The minimum atomic E-state index is 0.489. The lowest BCUT2D eigenvalue weighted by Crippen LogP contribution is -1.97. The second-order valence-corrected chi connectivity index (χ2v) is 3.83. The smallest absolute Gasteiger partial charge is 0.137 e. The first kappa shape index (κ1) is 9.90. The zero-order chi connectivity index (χ0) is 11.5. The van der Waals surface area contributed by atoms with E-state index in [1.54, 1.807) is 0 Å². The van der Waals surface area contributed by atoms with Crippen molar-refractivity contribution in [1.29, 1.82) is 0 Å². The molecule has 0 radical (unpaired) electrons. The van der Waals surface area contributed by atoms with Crippen molar-refractivity contribution in [2.24, 2.45) is 0 Å². The topological polar surface area (TPSA) is 37.9 Å². The third-order valence-electron chi connectivity index (χ3n) is 2.61. The van der Waals surface area contributed by atoms with Gasteiger partial charge in [0, 0.05) is 17.8 Å². The quantitative estimate of drug-likeness (QED) is 0.742. The molecule has 0 fully saturated rings. The van der Waals surface area contributed by atoms with Crippen LogP contribution in [0.1, 0.15) is 5.69 Å². The first-order chi connectivity index (χ1) is 8.42. The number of fused-ring (bicyclic) bond motifs is 1. The van der Waals surface area contributed by atoms with Crippen molar-refractivity contribution in [3.8, 4) is 5.75 Å². The summed E-state index contributed by atoms with van der Waals surface area (Å²) in [6.07, 6.45) is 3.66. The van der Waals surface area contributed by atoms with Crippen LogP contribution in [0.25, 0.3) is 10.9 Å². The van der Waals surface area contributed by atoms with Gasteiger partial charge in [0.05, 0.1) is 11.2 Å². The monoisotopic (exact) mass is 224 g/mol. The van der Waals surface area contributed by atoms with Gasteiger partial charge in [-0.25, -0.2) is 4.98 Å². The van der Waals surface area contributed by atoms with Gasteiger partial charge in [0.1, 0.15) is 12.4 Å². The van der Waals surface area contributed by atoms with Crippen LogP contribution >= 0.6 is 0 Å². The van der Waals surface area contributed by atoms with Crippen LogP contribution in [0.15, 0.2) is 54.9 Å². The number of aromatic nitrogens is 2. The number of hydrogen-bond donors (Lipinski definition) is 1. The Bertz CT molecular complexity index is 617. The van der Waals surface area contributed by atoms with E-state index in [1.165, 1.54) is 0 Å². The Morgan fingerprint density at radius 2 is 2.00 bits per heavy atom. The van der Waals surface area contributed by atoms with E-state index in [4.69, 9.17) is 4.74 Å². The number of nitrogens with one attached hydrogen (secondary N) is 1. The Labute approximate surface area is 99.1 Å². The average molecular weight is 224 g/mol. The number of H-pyrrole nitrogens is 1. The van der Waals surface area contributed by atoms with Crippen molar-refractivity contribution in [2.45, 2.75) is 6.61 Å². The molecule has 0 aliphatic heterocycles. The molecule has 0 aliphatic carbocycles. The predicted molar refractivity (Wildman–Crippen MR) is 66.9 cm³/mol. The van der Waals surface area contributed by atoms with E-state index in [1.807, 2.05) is 42.7 Å². The zero-order valence-electron chi connectivity index (χ0n) is 9.26. The lowest BCUT2D eigenvalue weighted by atomic mass is 10.2. The molecule has 17 heavy (non-hydrogen) atoms. The van der Waals surface area contributed by atoms with Crippen LogP contribution in [0.5, 0.6) is 5.75 Å². The van der Waals surface area contributed by atoms with Crippen LogP contribution in [-0.2, 0) is 6.61 Å². The van der Waals surface area contributed by atoms with E-state index in [2.05, 4.69) is 22.1 Å². The minimum absolute atomic E-state index is 0.489. The summed E-state index contributed by atoms with van der Waals surface area (Å²) < 4.78 is 5.59. The van der Waals surface area contributed by atoms with E-state index in [-0.39, 0.29) is 0 Å². The minimum Gasteiger partial charge on any atom is -0.486 e. The van der Waals surface area contributed by atoms with Crippen LogP contribution in [0.3, 0.4) is 0 Å². The molecule has 2 heterocycles. The highest BCUT2D eigenvalue weighted by Crippen LogP contribution is 2.14. The highest BCUT2D eigenvalue weighted by atomic mass is 16.5. The molecule has 0 aliphatic rings. The first-order valence-corrected chi connectivity index (χ1v) is 5.52. The average Bonchev–Trinajstić information content (AvgIpc) is 2.89. The largest absolute Gasteiger partial charge is 0.486 e. The van der Waals surface area contributed by atoms with E-state index < -0.39 is 0 Å². The molecule has 0 atom stereocenters.